The number of fused-ring (bicyclic) bond motifs is 2. The molecule has 7 nitrogen and oxygen atoms in total. The Morgan fingerprint density at radius 2 is 1.86 bits per heavy atom. The number of β-amino-alcohol motifs (C(OH)–C–C–N with tert-alkyl or cyclic N) is 1. The molecule has 5 atom stereocenters. The van der Waals surface area contributed by atoms with Crippen molar-refractivity contribution in [1.29, 1.82) is 0 Å². The van der Waals surface area contributed by atoms with Crippen molar-refractivity contribution in [3.05, 3.63) is 24.3 Å². The lowest BCUT2D eigenvalue weighted by molar-refractivity contribution is -0.146. The molecule has 0 radical (unpaired) electrons. The van der Waals surface area contributed by atoms with E-state index in [1.165, 1.54) is 4.90 Å². The van der Waals surface area contributed by atoms with Crippen molar-refractivity contribution in [2.24, 2.45) is 11.8 Å². The normalized spacial score (nSPS) is 36.9. The number of likely N-dealkylation sites (N-methyl/N-ethyl adjacent to an activating group) is 1. The summed E-state index contributed by atoms with van der Waals surface area (Å²) in [6.45, 7) is 6.81. The number of aliphatic hydroxyl groups excluding tert-OH is 1. The molecule has 1 spiro atoms. The summed E-state index contributed by atoms with van der Waals surface area (Å²) in [5.41, 5.74) is -0.400. The predicted octanol–water partition coefficient (Wildman–Crippen LogP) is 0.501. The number of likely N-dealkylation sites (tertiary alicyclic amines) is 1. The van der Waals surface area contributed by atoms with Gasteiger partial charge in [0, 0.05) is 37.5 Å². The van der Waals surface area contributed by atoms with Crippen LogP contribution < -0.4 is 0 Å². The highest BCUT2D eigenvalue weighted by molar-refractivity contribution is 8.02. The Morgan fingerprint density at radius 1 is 1.14 bits per heavy atom. The molecule has 8 heteroatoms. The van der Waals surface area contributed by atoms with Crippen molar-refractivity contribution in [3.8, 4) is 0 Å². The van der Waals surface area contributed by atoms with Crippen LogP contribution in [0.2, 0.25) is 0 Å². The first kappa shape index (κ1) is 20.5. The van der Waals surface area contributed by atoms with Gasteiger partial charge in [-0.3, -0.25) is 14.4 Å². The molecule has 29 heavy (non-hydrogen) atoms. The molecule has 2 saturated heterocycles. The number of amides is 3. The van der Waals surface area contributed by atoms with Gasteiger partial charge in [-0.15, -0.1) is 11.8 Å². The molecule has 0 aliphatic carbocycles. The highest BCUT2D eigenvalue weighted by Crippen LogP contribution is 2.61. The quantitative estimate of drug-likeness (QED) is 0.660. The topological polar surface area (TPSA) is 81.2 Å². The van der Waals surface area contributed by atoms with Crippen LogP contribution in [0.5, 0.6) is 0 Å². The summed E-state index contributed by atoms with van der Waals surface area (Å²) in [7, 11) is 1.75. The van der Waals surface area contributed by atoms with E-state index in [0.29, 0.717) is 13.1 Å². The molecule has 4 rings (SSSR count). The first-order valence-electron chi connectivity index (χ1n) is 10.1. The summed E-state index contributed by atoms with van der Waals surface area (Å²) in [6.07, 6.45) is 7.97. The predicted molar refractivity (Wildman–Crippen MR) is 111 cm³/mol. The first-order valence-corrected chi connectivity index (χ1v) is 11.0. The second-order valence-corrected chi connectivity index (χ2v) is 10.8. The molecule has 1 N–H and O–H groups in total. The SMILES string of the molecule is CN1CC=C[C@H]2S[C@]34C=CCN(C(C)(C)C)C(=O)C3N(CCO)C(=O)[C@@H]4[C@H]2C1=O. The number of hydrogen-bond acceptors (Lipinski definition) is 5. The van der Waals surface area contributed by atoms with Crippen molar-refractivity contribution >= 4 is 29.5 Å². The zero-order valence-electron chi connectivity index (χ0n) is 17.4. The highest BCUT2D eigenvalue weighted by Gasteiger charge is 2.71. The van der Waals surface area contributed by atoms with Crippen molar-refractivity contribution in [1.82, 2.24) is 14.7 Å². The van der Waals surface area contributed by atoms with Gasteiger partial charge in [0.15, 0.2) is 0 Å². The maximum absolute atomic E-state index is 13.7. The van der Waals surface area contributed by atoms with Gasteiger partial charge in [0.1, 0.15) is 6.04 Å². The van der Waals surface area contributed by atoms with E-state index in [2.05, 4.69) is 0 Å². The van der Waals surface area contributed by atoms with Gasteiger partial charge >= 0.3 is 0 Å². The minimum Gasteiger partial charge on any atom is -0.395 e. The van der Waals surface area contributed by atoms with E-state index in [0.717, 1.165) is 0 Å². The maximum atomic E-state index is 13.7. The third kappa shape index (κ3) is 2.86. The standard InChI is InChI=1S/C21H29N3O4S/c1-20(2,3)24-10-6-8-21-15(18(27)23(11-12-25)16(21)19(24)28)14-13(29-21)7-5-9-22(4)17(14)26/h5-8,13-16,25H,9-12H2,1-4H3/t13-,14+,15+,16?,21+/m1/s1. The second kappa shape index (κ2) is 6.87. The largest absolute Gasteiger partial charge is 0.395 e. The highest BCUT2D eigenvalue weighted by atomic mass is 32.2. The molecular formula is C21H29N3O4S. The molecule has 0 saturated carbocycles. The van der Waals surface area contributed by atoms with Crippen LogP contribution in [0.25, 0.3) is 0 Å². The maximum Gasteiger partial charge on any atom is 0.247 e. The minimum absolute atomic E-state index is 0.0508. The number of carbonyl (C=O) groups is 3. The van der Waals surface area contributed by atoms with Gasteiger partial charge in [-0.1, -0.05) is 24.3 Å². The van der Waals surface area contributed by atoms with Crippen molar-refractivity contribution in [2.45, 2.75) is 42.3 Å². The van der Waals surface area contributed by atoms with Crippen LogP contribution in [-0.2, 0) is 14.4 Å². The van der Waals surface area contributed by atoms with E-state index in [-0.39, 0.29) is 36.1 Å². The zero-order valence-corrected chi connectivity index (χ0v) is 18.2. The Hall–Kier alpha value is -1.80. The monoisotopic (exact) mass is 419 g/mol. The summed E-state index contributed by atoms with van der Waals surface area (Å²) in [6, 6.07) is -0.714. The molecule has 3 amide bonds. The van der Waals surface area contributed by atoms with Crippen LogP contribution in [0.1, 0.15) is 20.8 Å². The molecule has 0 aromatic heterocycles. The van der Waals surface area contributed by atoms with Gasteiger partial charge in [-0.25, -0.2) is 0 Å². The van der Waals surface area contributed by atoms with Crippen LogP contribution >= 0.6 is 11.8 Å². The number of thioether (sulfide) groups is 1. The van der Waals surface area contributed by atoms with Crippen LogP contribution in [0, 0.1) is 11.8 Å². The summed E-state index contributed by atoms with van der Waals surface area (Å²) < 4.78 is -0.795. The molecule has 158 valence electrons. The van der Waals surface area contributed by atoms with Crippen LogP contribution in [0.15, 0.2) is 24.3 Å². The molecule has 4 heterocycles. The average Bonchev–Trinajstić information content (AvgIpc) is 2.94. The van der Waals surface area contributed by atoms with E-state index < -0.39 is 28.2 Å². The van der Waals surface area contributed by atoms with E-state index in [9.17, 15) is 19.5 Å². The van der Waals surface area contributed by atoms with Crippen LogP contribution in [0.4, 0.5) is 0 Å². The summed E-state index contributed by atoms with van der Waals surface area (Å²) in [5.74, 6) is -1.46. The Bertz CT molecular complexity index is 804. The molecule has 2 fully saturated rings. The Labute approximate surface area is 175 Å². The van der Waals surface area contributed by atoms with E-state index >= 15 is 0 Å². The fourth-order valence-corrected chi connectivity index (χ4v) is 7.22. The lowest BCUT2D eigenvalue weighted by Crippen LogP contribution is -2.57. The Morgan fingerprint density at radius 3 is 2.52 bits per heavy atom. The van der Waals surface area contributed by atoms with Crippen molar-refractivity contribution in [3.63, 3.8) is 0 Å². The molecule has 4 aliphatic rings. The third-order valence-electron chi connectivity index (χ3n) is 6.51. The van der Waals surface area contributed by atoms with Gasteiger partial charge in [-0.05, 0) is 20.8 Å². The molecule has 1 unspecified atom stereocenters. The third-order valence-corrected chi connectivity index (χ3v) is 8.25. The zero-order chi connectivity index (χ0) is 21.1. The minimum atomic E-state index is -0.795. The smallest absolute Gasteiger partial charge is 0.247 e. The van der Waals surface area contributed by atoms with Gasteiger partial charge in [0.25, 0.3) is 0 Å². The molecule has 0 aromatic rings. The molecule has 4 aliphatic heterocycles. The molecule has 0 bridgehead atoms. The number of nitrogens with zero attached hydrogens (tertiary/aromatic N) is 3. The number of rotatable bonds is 2. The fraction of sp³-hybridized carbons (Fsp3) is 0.667. The lowest BCUT2D eigenvalue weighted by Gasteiger charge is -2.40. The van der Waals surface area contributed by atoms with E-state index in [1.54, 1.807) is 28.6 Å². The number of aliphatic hydroxyl groups is 1. The first-order chi connectivity index (χ1) is 13.6. The lowest BCUT2D eigenvalue weighted by atomic mass is 9.78. The van der Waals surface area contributed by atoms with Crippen LogP contribution in [-0.4, -0.2) is 92.4 Å². The summed E-state index contributed by atoms with van der Waals surface area (Å²) >= 11 is 1.57. The fourth-order valence-electron chi connectivity index (χ4n) is 5.21. The summed E-state index contributed by atoms with van der Waals surface area (Å²) in [5, 5.41) is 9.48. The van der Waals surface area contributed by atoms with Crippen LogP contribution in [0.3, 0.4) is 0 Å². The van der Waals surface area contributed by atoms with Gasteiger partial charge in [-0.2, -0.15) is 0 Å². The number of hydrogen-bond donors (Lipinski definition) is 1. The van der Waals surface area contributed by atoms with Gasteiger partial charge in [0.2, 0.25) is 17.7 Å². The van der Waals surface area contributed by atoms with E-state index in [1.807, 2.05) is 45.1 Å². The van der Waals surface area contributed by atoms with Gasteiger partial charge < -0.3 is 19.8 Å². The van der Waals surface area contributed by atoms with Crippen molar-refractivity contribution < 1.29 is 19.5 Å². The second-order valence-electron chi connectivity index (χ2n) is 9.27. The van der Waals surface area contributed by atoms with Crippen molar-refractivity contribution in [2.75, 3.05) is 33.3 Å². The molecule has 0 aromatic carbocycles. The van der Waals surface area contributed by atoms with E-state index in [4.69, 9.17) is 0 Å². The Kier molecular flexibility index (Phi) is 4.85. The average molecular weight is 420 g/mol. The molecular weight excluding hydrogens is 390 g/mol. The van der Waals surface area contributed by atoms with Gasteiger partial charge in [0.05, 0.1) is 23.2 Å². The number of carbonyl (C=O) groups excluding carboxylic acids is 3. The Balaban J connectivity index is 1.86. The summed E-state index contributed by atoms with van der Waals surface area (Å²) in [4.78, 5) is 45.5.